The van der Waals surface area contributed by atoms with Gasteiger partial charge < -0.3 is 4.90 Å². The Balaban J connectivity index is 1.45. The minimum absolute atomic E-state index is 0.145. The molecule has 0 radical (unpaired) electrons. The van der Waals surface area contributed by atoms with Gasteiger partial charge in [0.05, 0.1) is 5.69 Å². The molecule has 23 heavy (non-hydrogen) atoms. The highest BCUT2D eigenvalue weighted by molar-refractivity contribution is 5.83. The molecule has 0 N–H and O–H groups in total. The number of rotatable bonds is 3. The van der Waals surface area contributed by atoms with Crippen LogP contribution in [-0.4, -0.2) is 28.9 Å². The summed E-state index contributed by atoms with van der Waals surface area (Å²) in [4.78, 5) is 18.9. The molecule has 1 amide bonds. The Bertz CT molecular complexity index is 705. The van der Waals surface area contributed by atoms with Gasteiger partial charge in [-0.1, -0.05) is 6.07 Å². The van der Waals surface area contributed by atoms with Gasteiger partial charge >= 0.3 is 0 Å². The van der Waals surface area contributed by atoms with Crippen LogP contribution < -0.4 is 0 Å². The van der Waals surface area contributed by atoms with Crippen molar-refractivity contribution in [1.82, 2.24) is 9.88 Å². The fraction of sp³-hybridized carbons (Fsp3) is 0.368. The molecule has 118 valence electrons. The average Bonchev–Trinajstić information content (AvgIpc) is 3.19. The van der Waals surface area contributed by atoms with Crippen LogP contribution in [0.1, 0.15) is 30.7 Å². The normalized spacial score (nSPS) is 23.1. The van der Waals surface area contributed by atoms with Crippen molar-refractivity contribution in [2.75, 3.05) is 13.1 Å². The first-order chi connectivity index (χ1) is 11.2. The molecule has 2 heterocycles. The number of amides is 1. The Kier molecular flexibility index (Phi) is 3.60. The van der Waals surface area contributed by atoms with E-state index >= 15 is 0 Å². The minimum Gasteiger partial charge on any atom is -0.342 e. The first kappa shape index (κ1) is 14.4. The van der Waals surface area contributed by atoms with Crippen molar-refractivity contribution in [3.05, 3.63) is 54.0 Å². The van der Waals surface area contributed by atoms with E-state index in [0.29, 0.717) is 11.8 Å². The van der Waals surface area contributed by atoms with E-state index in [2.05, 4.69) is 4.98 Å². The molecule has 4 rings (SSSR count). The van der Waals surface area contributed by atoms with Gasteiger partial charge in [-0.05, 0) is 61.1 Å². The van der Waals surface area contributed by atoms with Gasteiger partial charge in [0.15, 0.2) is 0 Å². The average molecular weight is 310 g/mol. The van der Waals surface area contributed by atoms with Crippen LogP contribution in [0.2, 0.25) is 0 Å². The highest BCUT2D eigenvalue weighted by Gasteiger charge is 2.46. The summed E-state index contributed by atoms with van der Waals surface area (Å²) >= 11 is 0. The zero-order valence-electron chi connectivity index (χ0n) is 12.9. The molecule has 4 heteroatoms. The van der Waals surface area contributed by atoms with Crippen LogP contribution in [0.5, 0.6) is 0 Å². The molecule has 1 aromatic carbocycles. The van der Waals surface area contributed by atoms with E-state index in [1.165, 1.54) is 12.1 Å². The Labute approximate surface area is 135 Å². The SMILES string of the molecule is O=C(C1CC1c1ccc(-c2ccc(F)cc2)nc1)N1CCCC1. The quantitative estimate of drug-likeness (QED) is 0.867. The van der Waals surface area contributed by atoms with Gasteiger partial charge in [-0.15, -0.1) is 0 Å². The fourth-order valence-corrected chi connectivity index (χ4v) is 3.42. The fourth-order valence-electron chi connectivity index (χ4n) is 3.42. The van der Waals surface area contributed by atoms with Gasteiger partial charge in [-0.25, -0.2) is 4.39 Å². The van der Waals surface area contributed by atoms with Crippen molar-refractivity contribution < 1.29 is 9.18 Å². The molecule has 2 aliphatic rings. The second-order valence-electron chi connectivity index (χ2n) is 6.46. The predicted molar refractivity (Wildman–Crippen MR) is 86.3 cm³/mol. The first-order valence-electron chi connectivity index (χ1n) is 8.23. The van der Waals surface area contributed by atoms with E-state index < -0.39 is 0 Å². The van der Waals surface area contributed by atoms with Gasteiger partial charge in [-0.2, -0.15) is 0 Å². The number of pyridine rings is 1. The van der Waals surface area contributed by atoms with Crippen LogP contribution in [0.3, 0.4) is 0 Å². The van der Waals surface area contributed by atoms with Crippen LogP contribution in [-0.2, 0) is 4.79 Å². The van der Waals surface area contributed by atoms with Crippen molar-refractivity contribution in [2.24, 2.45) is 5.92 Å². The lowest BCUT2D eigenvalue weighted by atomic mass is 10.1. The predicted octanol–water partition coefficient (Wildman–Crippen LogP) is 3.61. The van der Waals surface area contributed by atoms with Gasteiger partial charge in [0.2, 0.25) is 5.91 Å². The number of hydrogen-bond acceptors (Lipinski definition) is 2. The van der Waals surface area contributed by atoms with E-state index in [9.17, 15) is 9.18 Å². The summed E-state index contributed by atoms with van der Waals surface area (Å²) in [6.45, 7) is 1.84. The lowest BCUT2D eigenvalue weighted by Crippen LogP contribution is -2.29. The smallest absolute Gasteiger partial charge is 0.226 e. The van der Waals surface area contributed by atoms with Crippen LogP contribution in [0.4, 0.5) is 4.39 Å². The van der Waals surface area contributed by atoms with Crippen LogP contribution in [0.15, 0.2) is 42.6 Å². The van der Waals surface area contributed by atoms with E-state index in [0.717, 1.165) is 49.2 Å². The molecule has 0 spiro atoms. The van der Waals surface area contributed by atoms with E-state index in [-0.39, 0.29) is 11.7 Å². The van der Waals surface area contributed by atoms with Gasteiger partial charge in [0.25, 0.3) is 0 Å². The minimum atomic E-state index is -0.244. The van der Waals surface area contributed by atoms with E-state index in [1.807, 2.05) is 23.2 Å². The number of nitrogens with zero attached hydrogens (tertiary/aromatic N) is 2. The molecule has 2 atom stereocenters. The molecular weight excluding hydrogens is 291 g/mol. The molecule has 0 bridgehead atoms. The molecule has 2 fully saturated rings. The Morgan fingerprint density at radius 1 is 1.09 bits per heavy atom. The molecule has 1 aliphatic carbocycles. The second kappa shape index (κ2) is 5.76. The third-order valence-corrected chi connectivity index (χ3v) is 4.88. The highest BCUT2D eigenvalue weighted by atomic mass is 19.1. The zero-order valence-corrected chi connectivity index (χ0v) is 12.9. The van der Waals surface area contributed by atoms with Crippen LogP contribution >= 0.6 is 0 Å². The van der Waals surface area contributed by atoms with Crippen LogP contribution in [0, 0.1) is 11.7 Å². The van der Waals surface area contributed by atoms with Crippen molar-refractivity contribution >= 4 is 5.91 Å². The monoisotopic (exact) mass is 310 g/mol. The molecule has 3 nitrogen and oxygen atoms in total. The molecule has 1 aliphatic heterocycles. The standard InChI is InChI=1S/C19H19FN2O/c20-15-6-3-13(4-7-15)18-8-5-14(12-21-18)16-11-17(16)19(23)22-9-1-2-10-22/h3-8,12,16-17H,1-2,9-11H2. The Hall–Kier alpha value is -2.23. The number of aromatic nitrogens is 1. The maximum absolute atomic E-state index is 13.0. The van der Waals surface area contributed by atoms with Crippen molar-refractivity contribution in [1.29, 1.82) is 0 Å². The number of hydrogen-bond donors (Lipinski definition) is 0. The molecular formula is C19H19FN2O. The van der Waals surface area contributed by atoms with E-state index in [1.54, 1.807) is 12.1 Å². The maximum atomic E-state index is 13.0. The summed E-state index contributed by atoms with van der Waals surface area (Å²) in [6, 6.07) is 10.3. The van der Waals surface area contributed by atoms with Gasteiger partial charge in [0.1, 0.15) is 5.82 Å². The maximum Gasteiger partial charge on any atom is 0.226 e. The van der Waals surface area contributed by atoms with Crippen molar-refractivity contribution in [3.63, 3.8) is 0 Å². The summed E-state index contributed by atoms with van der Waals surface area (Å²) in [5.41, 5.74) is 2.86. The number of carbonyl (C=O) groups is 1. The third-order valence-electron chi connectivity index (χ3n) is 4.88. The summed E-state index contributed by atoms with van der Waals surface area (Å²) < 4.78 is 13.0. The number of halogens is 1. The molecule has 2 unspecified atom stereocenters. The summed E-state index contributed by atoms with van der Waals surface area (Å²) in [7, 11) is 0. The first-order valence-corrected chi connectivity index (χ1v) is 8.23. The number of benzene rings is 1. The van der Waals surface area contributed by atoms with E-state index in [4.69, 9.17) is 0 Å². The highest BCUT2D eigenvalue weighted by Crippen LogP contribution is 2.48. The molecule has 1 aromatic heterocycles. The molecule has 2 aromatic rings. The summed E-state index contributed by atoms with van der Waals surface area (Å²) in [5, 5.41) is 0. The Morgan fingerprint density at radius 2 is 1.83 bits per heavy atom. The van der Waals surface area contributed by atoms with Gasteiger partial charge in [0, 0.05) is 30.8 Å². The van der Waals surface area contributed by atoms with Crippen LogP contribution in [0.25, 0.3) is 11.3 Å². The largest absolute Gasteiger partial charge is 0.342 e. The Morgan fingerprint density at radius 3 is 2.48 bits per heavy atom. The second-order valence-corrected chi connectivity index (χ2v) is 6.46. The number of carbonyl (C=O) groups excluding carboxylic acids is 1. The van der Waals surface area contributed by atoms with Crippen molar-refractivity contribution in [2.45, 2.75) is 25.2 Å². The summed E-state index contributed by atoms with van der Waals surface area (Å²) in [5.74, 6) is 0.533. The molecule has 1 saturated carbocycles. The zero-order chi connectivity index (χ0) is 15.8. The molecule has 1 saturated heterocycles. The lowest BCUT2D eigenvalue weighted by molar-refractivity contribution is -0.131. The number of likely N-dealkylation sites (tertiary alicyclic amines) is 1. The van der Waals surface area contributed by atoms with Gasteiger partial charge in [-0.3, -0.25) is 9.78 Å². The lowest BCUT2D eigenvalue weighted by Gasteiger charge is -2.14. The summed E-state index contributed by atoms with van der Waals surface area (Å²) in [6.07, 6.45) is 5.07. The third kappa shape index (κ3) is 2.85. The van der Waals surface area contributed by atoms with Crippen molar-refractivity contribution in [3.8, 4) is 11.3 Å². The topological polar surface area (TPSA) is 33.2 Å².